The van der Waals surface area contributed by atoms with Crippen LogP contribution in [0, 0.1) is 13.8 Å². The van der Waals surface area contributed by atoms with E-state index in [4.69, 9.17) is 9.26 Å². The van der Waals surface area contributed by atoms with Crippen molar-refractivity contribution >= 4 is 15.9 Å². The number of sulfonamides is 1. The Morgan fingerprint density at radius 1 is 1.00 bits per heavy atom. The summed E-state index contributed by atoms with van der Waals surface area (Å²) >= 11 is 0. The van der Waals surface area contributed by atoms with Crippen LogP contribution in [0.3, 0.4) is 0 Å². The van der Waals surface area contributed by atoms with E-state index in [1.54, 1.807) is 53.4 Å². The maximum Gasteiger partial charge on any atom is 0.257 e. The van der Waals surface area contributed by atoms with Gasteiger partial charge in [-0.05, 0) is 38.1 Å². The van der Waals surface area contributed by atoms with Gasteiger partial charge in [-0.2, -0.15) is 4.31 Å². The third kappa shape index (κ3) is 4.39. The molecule has 0 radical (unpaired) electrons. The van der Waals surface area contributed by atoms with E-state index in [0.717, 1.165) is 11.3 Å². The van der Waals surface area contributed by atoms with Crippen molar-refractivity contribution in [3.05, 3.63) is 77.2 Å². The largest absolute Gasteiger partial charge is 0.488 e. The molecule has 0 saturated carbocycles. The highest BCUT2D eigenvalue weighted by molar-refractivity contribution is 7.89. The molecule has 2 heterocycles. The molecule has 0 aliphatic carbocycles. The Balaban J connectivity index is 1.44. The number of ether oxygens (including phenoxy) is 1. The lowest BCUT2D eigenvalue weighted by Crippen LogP contribution is -2.50. The fraction of sp³-hybridized carbons (Fsp3) is 0.304. The van der Waals surface area contributed by atoms with Crippen LogP contribution in [0.2, 0.25) is 0 Å². The maximum absolute atomic E-state index is 13.2. The third-order valence-corrected chi connectivity index (χ3v) is 7.49. The molecule has 3 aromatic rings. The van der Waals surface area contributed by atoms with Crippen molar-refractivity contribution < 1.29 is 22.5 Å². The van der Waals surface area contributed by atoms with Crippen LogP contribution in [0.25, 0.3) is 0 Å². The Morgan fingerprint density at radius 2 is 1.66 bits per heavy atom. The van der Waals surface area contributed by atoms with Gasteiger partial charge < -0.3 is 14.2 Å². The van der Waals surface area contributed by atoms with Crippen molar-refractivity contribution in [2.24, 2.45) is 0 Å². The van der Waals surface area contributed by atoms with Gasteiger partial charge in [-0.3, -0.25) is 4.79 Å². The van der Waals surface area contributed by atoms with Gasteiger partial charge in [-0.15, -0.1) is 0 Å². The molecule has 0 N–H and O–H groups in total. The van der Waals surface area contributed by atoms with Gasteiger partial charge >= 0.3 is 0 Å². The molecular formula is C23H25N3O5S. The molecule has 168 valence electrons. The molecule has 1 aliphatic rings. The van der Waals surface area contributed by atoms with Crippen molar-refractivity contribution in [2.75, 3.05) is 26.2 Å². The number of para-hydroxylation sites is 1. The van der Waals surface area contributed by atoms with Crippen LogP contribution in [0.5, 0.6) is 5.75 Å². The molecule has 2 aromatic carbocycles. The van der Waals surface area contributed by atoms with Crippen LogP contribution in [-0.2, 0) is 16.6 Å². The summed E-state index contributed by atoms with van der Waals surface area (Å²) in [6.07, 6.45) is 0. The summed E-state index contributed by atoms with van der Waals surface area (Å²) in [7, 11) is -3.57. The number of hydrogen-bond acceptors (Lipinski definition) is 6. The molecule has 0 unspecified atom stereocenters. The summed E-state index contributed by atoms with van der Waals surface area (Å²) < 4.78 is 38.2. The van der Waals surface area contributed by atoms with Gasteiger partial charge in [0.05, 0.1) is 21.7 Å². The number of piperazine rings is 1. The summed E-state index contributed by atoms with van der Waals surface area (Å²) in [5, 5.41) is 3.92. The Hall–Kier alpha value is -3.17. The first-order chi connectivity index (χ1) is 15.4. The molecule has 9 heteroatoms. The van der Waals surface area contributed by atoms with Crippen LogP contribution in [0.1, 0.15) is 27.4 Å². The van der Waals surface area contributed by atoms with Gasteiger partial charge in [0.25, 0.3) is 5.91 Å². The quantitative estimate of drug-likeness (QED) is 0.567. The predicted octanol–water partition coefficient (Wildman–Crippen LogP) is 3.02. The van der Waals surface area contributed by atoms with Crippen LogP contribution >= 0.6 is 0 Å². The first kappa shape index (κ1) is 22.0. The number of amides is 1. The average Bonchev–Trinajstić information content (AvgIpc) is 3.15. The standard InChI is InChI=1S/C23H25N3O5S/c1-17-21(18(2)31-24-17)16-30-22-11-7-6-10-20(22)23(27)25-12-14-26(15-13-25)32(28,29)19-8-4-3-5-9-19/h3-11H,12-16H2,1-2H3. The number of carbonyl (C=O) groups excluding carboxylic acids is 1. The van der Waals surface area contributed by atoms with Crippen molar-refractivity contribution in [3.8, 4) is 5.75 Å². The lowest BCUT2D eigenvalue weighted by molar-refractivity contribution is 0.0693. The normalized spacial score (nSPS) is 15.0. The zero-order valence-electron chi connectivity index (χ0n) is 18.0. The highest BCUT2D eigenvalue weighted by Gasteiger charge is 2.31. The highest BCUT2D eigenvalue weighted by atomic mass is 32.2. The average molecular weight is 456 g/mol. The first-order valence-electron chi connectivity index (χ1n) is 10.4. The molecule has 1 aliphatic heterocycles. The second kappa shape index (κ2) is 9.13. The summed E-state index contributed by atoms with van der Waals surface area (Å²) in [6.45, 7) is 5.00. The first-order valence-corrected chi connectivity index (χ1v) is 11.8. The molecule has 1 saturated heterocycles. The molecule has 0 bridgehead atoms. The third-order valence-electron chi connectivity index (χ3n) is 5.58. The van der Waals surface area contributed by atoms with E-state index in [9.17, 15) is 13.2 Å². The summed E-state index contributed by atoms with van der Waals surface area (Å²) in [6, 6.07) is 15.4. The van der Waals surface area contributed by atoms with Crippen LogP contribution in [-0.4, -0.2) is 54.9 Å². The molecule has 8 nitrogen and oxygen atoms in total. The van der Waals surface area contributed by atoms with Gasteiger partial charge in [-0.1, -0.05) is 35.5 Å². The van der Waals surface area contributed by atoms with E-state index in [1.165, 1.54) is 4.31 Å². The Kier molecular flexibility index (Phi) is 6.29. The van der Waals surface area contributed by atoms with Crippen LogP contribution < -0.4 is 4.74 Å². The predicted molar refractivity (Wildman–Crippen MR) is 118 cm³/mol. The highest BCUT2D eigenvalue weighted by Crippen LogP contribution is 2.24. The lowest BCUT2D eigenvalue weighted by atomic mass is 10.1. The van der Waals surface area contributed by atoms with E-state index in [0.29, 0.717) is 30.2 Å². The van der Waals surface area contributed by atoms with Gasteiger partial charge in [-0.25, -0.2) is 8.42 Å². The second-order valence-corrected chi connectivity index (χ2v) is 9.53. The number of rotatable bonds is 6. The van der Waals surface area contributed by atoms with E-state index in [2.05, 4.69) is 5.16 Å². The lowest BCUT2D eigenvalue weighted by Gasteiger charge is -2.34. The van der Waals surface area contributed by atoms with Gasteiger partial charge in [0.2, 0.25) is 10.0 Å². The number of aryl methyl sites for hydroxylation is 2. The van der Waals surface area contributed by atoms with Gasteiger partial charge in [0.1, 0.15) is 18.1 Å². The Bertz CT molecular complexity index is 1180. The minimum Gasteiger partial charge on any atom is -0.488 e. The SMILES string of the molecule is Cc1noc(C)c1COc1ccccc1C(=O)N1CCN(S(=O)(=O)c2ccccc2)CC1. The van der Waals surface area contributed by atoms with Crippen molar-refractivity contribution in [2.45, 2.75) is 25.3 Å². The summed E-state index contributed by atoms with van der Waals surface area (Å²) in [5.74, 6) is 0.968. The zero-order chi connectivity index (χ0) is 22.7. The smallest absolute Gasteiger partial charge is 0.257 e. The molecule has 0 spiro atoms. The van der Waals surface area contributed by atoms with E-state index >= 15 is 0 Å². The summed E-state index contributed by atoms with van der Waals surface area (Å²) in [4.78, 5) is 15.1. The van der Waals surface area contributed by atoms with E-state index < -0.39 is 10.0 Å². The number of carbonyl (C=O) groups is 1. The van der Waals surface area contributed by atoms with Crippen molar-refractivity contribution in [1.29, 1.82) is 0 Å². The topological polar surface area (TPSA) is 93.0 Å². The summed E-state index contributed by atoms with van der Waals surface area (Å²) in [5.41, 5.74) is 2.05. The maximum atomic E-state index is 13.2. The van der Waals surface area contributed by atoms with Crippen molar-refractivity contribution in [3.63, 3.8) is 0 Å². The van der Waals surface area contributed by atoms with Crippen LogP contribution in [0.15, 0.2) is 64.0 Å². The van der Waals surface area contributed by atoms with E-state index in [-0.39, 0.29) is 30.5 Å². The van der Waals surface area contributed by atoms with Gasteiger partial charge in [0.15, 0.2) is 0 Å². The number of benzene rings is 2. The zero-order valence-corrected chi connectivity index (χ0v) is 18.8. The number of hydrogen-bond donors (Lipinski definition) is 0. The van der Waals surface area contributed by atoms with Crippen molar-refractivity contribution in [1.82, 2.24) is 14.4 Å². The second-order valence-electron chi connectivity index (χ2n) is 7.60. The Morgan fingerprint density at radius 3 is 2.31 bits per heavy atom. The molecule has 32 heavy (non-hydrogen) atoms. The van der Waals surface area contributed by atoms with Gasteiger partial charge in [0, 0.05) is 26.2 Å². The molecule has 4 rings (SSSR count). The molecule has 1 aromatic heterocycles. The number of nitrogens with zero attached hydrogens (tertiary/aromatic N) is 3. The monoisotopic (exact) mass is 455 g/mol. The fourth-order valence-electron chi connectivity index (χ4n) is 3.67. The number of aromatic nitrogens is 1. The minimum atomic E-state index is -3.57. The fourth-order valence-corrected chi connectivity index (χ4v) is 5.11. The molecule has 0 atom stereocenters. The Labute approximate surface area is 187 Å². The minimum absolute atomic E-state index is 0.184. The molecule has 1 amide bonds. The van der Waals surface area contributed by atoms with Crippen LogP contribution in [0.4, 0.5) is 0 Å². The molecular weight excluding hydrogens is 430 g/mol. The molecule has 1 fully saturated rings. The van der Waals surface area contributed by atoms with E-state index in [1.807, 2.05) is 19.9 Å².